The van der Waals surface area contributed by atoms with Crippen molar-refractivity contribution in [2.45, 2.75) is 20.3 Å². The summed E-state index contributed by atoms with van der Waals surface area (Å²) < 4.78 is 5.56. The van der Waals surface area contributed by atoms with Crippen LogP contribution in [0.5, 0.6) is 5.75 Å². The fraction of sp³-hybridized carbons (Fsp3) is 0.190. The van der Waals surface area contributed by atoms with Crippen LogP contribution in [0.15, 0.2) is 47.8 Å². The topological polar surface area (TPSA) is 80.3 Å². The molecule has 0 radical (unpaired) electrons. The summed E-state index contributed by atoms with van der Waals surface area (Å²) in [5, 5.41) is 3.14. The molecule has 0 saturated carbocycles. The molecule has 0 aliphatic carbocycles. The number of carbonyl (C=O) groups excluding carboxylic acids is 2. The van der Waals surface area contributed by atoms with E-state index in [4.69, 9.17) is 16.3 Å². The largest absolute Gasteiger partial charge is 0.483 e. The van der Waals surface area contributed by atoms with Crippen LogP contribution in [-0.4, -0.2) is 23.4 Å². The Labute approximate surface area is 177 Å². The van der Waals surface area contributed by atoms with Crippen molar-refractivity contribution in [3.05, 3.63) is 69.7 Å². The third kappa shape index (κ3) is 5.56. The van der Waals surface area contributed by atoms with Crippen molar-refractivity contribution in [1.29, 1.82) is 0 Å². The zero-order valence-electron chi connectivity index (χ0n) is 16.0. The van der Waals surface area contributed by atoms with Crippen molar-refractivity contribution >= 4 is 34.8 Å². The molecule has 8 heteroatoms. The van der Waals surface area contributed by atoms with Crippen LogP contribution in [0.4, 0.5) is 0 Å². The number of hydrazine groups is 1. The summed E-state index contributed by atoms with van der Waals surface area (Å²) in [6.07, 6.45) is 0.0407. The zero-order valence-corrected chi connectivity index (χ0v) is 17.6. The first-order chi connectivity index (χ1) is 13.9. The first-order valence-electron chi connectivity index (χ1n) is 8.90. The van der Waals surface area contributed by atoms with E-state index in [9.17, 15) is 9.59 Å². The minimum Gasteiger partial charge on any atom is -0.483 e. The quantitative estimate of drug-likeness (QED) is 0.583. The number of para-hydroxylation sites is 1. The van der Waals surface area contributed by atoms with E-state index in [0.29, 0.717) is 16.5 Å². The van der Waals surface area contributed by atoms with Crippen molar-refractivity contribution in [3.63, 3.8) is 0 Å². The fourth-order valence-electron chi connectivity index (χ4n) is 2.70. The van der Waals surface area contributed by atoms with Gasteiger partial charge in [-0.3, -0.25) is 20.4 Å². The highest BCUT2D eigenvalue weighted by Crippen LogP contribution is 2.30. The van der Waals surface area contributed by atoms with Gasteiger partial charge in [0.15, 0.2) is 6.61 Å². The number of aromatic nitrogens is 1. The summed E-state index contributed by atoms with van der Waals surface area (Å²) in [7, 11) is 0. The predicted molar refractivity (Wildman–Crippen MR) is 114 cm³/mol. The number of hydrogen-bond acceptors (Lipinski definition) is 5. The monoisotopic (exact) mass is 429 g/mol. The molecule has 3 rings (SSSR count). The number of amides is 2. The molecule has 2 amide bonds. The summed E-state index contributed by atoms with van der Waals surface area (Å²) in [5.74, 6) is -0.152. The van der Waals surface area contributed by atoms with Gasteiger partial charge in [-0.15, -0.1) is 11.3 Å². The van der Waals surface area contributed by atoms with Gasteiger partial charge in [0, 0.05) is 10.9 Å². The van der Waals surface area contributed by atoms with Gasteiger partial charge in [0.1, 0.15) is 10.8 Å². The number of ether oxygens (including phenoxy) is 1. The molecule has 2 aromatic carbocycles. The third-order valence-electron chi connectivity index (χ3n) is 4.10. The Hall–Kier alpha value is -2.90. The smallest absolute Gasteiger partial charge is 0.276 e. The molecule has 29 heavy (non-hydrogen) atoms. The van der Waals surface area contributed by atoms with E-state index in [2.05, 4.69) is 15.8 Å². The molecule has 0 aliphatic heterocycles. The molecule has 0 fully saturated rings. The number of hydrogen-bond donors (Lipinski definition) is 2. The second-order valence-electron chi connectivity index (χ2n) is 6.41. The zero-order chi connectivity index (χ0) is 20.8. The van der Waals surface area contributed by atoms with Crippen molar-refractivity contribution in [1.82, 2.24) is 15.8 Å². The lowest BCUT2D eigenvalue weighted by atomic mass is 10.1. The highest BCUT2D eigenvalue weighted by molar-refractivity contribution is 7.13. The molecule has 2 N–H and O–H groups in total. The Balaban J connectivity index is 1.48. The highest BCUT2D eigenvalue weighted by Gasteiger charge is 2.12. The number of rotatable bonds is 6. The Morgan fingerprint density at radius 1 is 1.03 bits per heavy atom. The van der Waals surface area contributed by atoms with E-state index in [1.165, 1.54) is 11.3 Å². The first-order valence-corrected chi connectivity index (χ1v) is 10.2. The summed E-state index contributed by atoms with van der Waals surface area (Å²) in [5.41, 5.74) is 8.04. The number of aryl methyl sites for hydroxylation is 2. The van der Waals surface area contributed by atoms with E-state index in [1.807, 2.05) is 50.2 Å². The molecule has 0 bridgehead atoms. The number of nitrogens with zero attached hydrogens (tertiary/aromatic N) is 1. The van der Waals surface area contributed by atoms with E-state index in [0.717, 1.165) is 21.7 Å². The molecule has 1 heterocycles. The second-order valence-corrected chi connectivity index (χ2v) is 7.67. The molecule has 150 valence electrons. The predicted octanol–water partition coefficient (Wildman–Crippen LogP) is 3.85. The minimum absolute atomic E-state index is 0.0407. The van der Waals surface area contributed by atoms with E-state index in [1.54, 1.807) is 11.4 Å². The van der Waals surface area contributed by atoms with Gasteiger partial charge >= 0.3 is 0 Å². The van der Waals surface area contributed by atoms with Gasteiger partial charge in [0.25, 0.3) is 5.91 Å². The lowest BCUT2D eigenvalue weighted by Crippen LogP contribution is -2.44. The van der Waals surface area contributed by atoms with Crippen molar-refractivity contribution in [3.8, 4) is 16.3 Å². The number of carbonyl (C=O) groups is 2. The lowest BCUT2D eigenvalue weighted by molar-refractivity contribution is -0.129. The Morgan fingerprint density at radius 2 is 1.72 bits per heavy atom. The van der Waals surface area contributed by atoms with Gasteiger partial charge in [0.2, 0.25) is 5.91 Å². The minimum atomic E-state index is -0.448. The van der Waals surface area contributed by atoms with Crippen LogP contribution in [0, 0.1) is 13.8 Å². The lowest BCUT2D eigenvalue weighted by Gasteiger charge is -2.12. The molecule has 6 nitrogen and oxygen atoms in total. The normalized spacial score (nSPS) is 10.4. The molecule has 0 spiro atoms. The van der Waals surface area contributed by atoms with Crippen LogP contribution in [0.25, 0.3) is 10.6 Å². The molecule has 0 saturated heterocycles. The molecule has 3 aromatic rings. The summed E-state index contributed by atoms with van der Waals surface area (Å²) in [4.78, 5) is 28.5. The fourth-order valence-corrected chi connectivity index (χ4v) is 3.84. The second kappa shape index (κ2) is 9.54. The van der Waals surface area contributed by atoms with Crippen LogP contribution in [-0.2, 0) is 16.0 Å². The SMILES string of the molecule is Cc1cccc(C)c1OCC(=O)NNC(=O)Cc1csc(-c2ccccc2Cl)n1. The molecule has 0 unspecified atom stereocenters. The van der Waals surface area contributed by atoms with Crippen LogP contribution in [0.2, 0.25) is 5.02 Å². The van der Waals surface area contributed by atoms with E-state index >= 15 is 0 Å². The maximum Gasteiger partial charge on any atom is 0.276 e. The third-order valence-corrected chi connectivity index (χ3v) is 5.35. The summed E-state index contributed by atoms with van der Waals surface area (Å²) in [6, 6.07) is 13.1. The van der Waals surface area contributed by atoms with E-state index in [-0.39, 0.29) is 18.9 Å². The standard InChI is InChI=1S/C21H20ClN3O3S/c1-13-6-5-7-14(2)20(13)28-11-19(27)25-24-18(26)10-15-12-29-21(23-15)16-8-3-4-9-17(16)22/h3-9,12H,10-11H2,1-2H3,(H,24,26)(H,25,27). The average Bonchev–Trinajstić information content (AvgIpc) is 3.14. The highest BCUT2D eigenvalue weighted by atomic mass is 35.5. The number of nitrogens with one attached hydrogen (secondary N) is 2. The number of halogens is 1. The van der Waals surface area contributed by atoms with Gasteiger partial charge in [0.05, 0.1) is 17.1 Å². The van der Waals surface area contributed by atoms with Gasteiger partial charge < -0.3 is 4.74 Å². The van der Waals surface area contributed by atoms with Gasteiger partial charge in [-0.25, -0.2) is 4.98 Å². The average molecular weight is 430 g/mol. The van der Waals surface area contributed by atoms with Crippen molar-refractivity contribution in [2.75, 3.05) is 6.61 Å². The maximum absolute atomic E-state index is 12.1. The Bertz CT molecular complexity index is 1020. The van der Waals surface area contributed by atoms with Crippen LogP contribution >= 0.6 is 22.9 Å². The van der Waals surface area contributed by atoms with Crippen molar-refractivity contribution < 1.29 is 14.3 Å². The van der Waals surface area contributed by atoms with Gasteiger partial charge in [-0.05, 0) is 31.0 Å². The summed E-state index contributed by atoms with van der Waals surface area (Å²) in [6.45, 7) is 3.62. The first kappa shape index (κ1) is 20.8. The van der Waals surface area contributed by atoms with Crippen LogP contribution < -0.4 is 15.6 Å². The Kier molecular flexibility index (Phi) is 6.85. The number of benzene rings is 2. The van der Waals surface area contributed by atoms with Gasteiger partial charge in [-0.1, -0.05) is 48.0 Å². The van der Waals surface area contributed by atoms with Crippen LogP contribution in [0.1, 0.15) is 16.8 Å². The van der Waals surface area contributed by atoms with Crippen molar-refractivity contribution in [2.24, 2.45) is 0 Å². The molecule has 0 atom stereocenters. The van der Waals surface area contributed by atoms with Gasteiger partial charge in [-0.2, -0.15) is 0 Å². The number of thiazole rings is 1. The maximum atomic E-state index is 12.1. The van der Waals surface area contributed by atoms with E-state index < -0.39 is 5.91 Å². The molecule has 0 aliphatic rings. The molecular weight excluding hydrogens is 410 g/mol. The Morgan fingerprint density at radius 3 is 2.45 bits per heavy atom. The molecule has 1 aromatic heterocycles. The summed E-state index contributed by atoms with van der Waals surface area (Å²) >= 11 is 7.59. The molecular formula is C21H20ClN3O3S. The van der Waals surface area contributed by atoms with Crippen LogP contribution in [0.3, 0.4) is 0 Å².